The number of fused-ring (bicyclic) bond motifs is 2. The molecule has 0 bridgehead atoms. The van der Waals surface area contributed by atoms with E-state index in [-0.39, 0.29) is 11.8 Å². The molecule has 0 radical (unpaired) electrons. The third-order valence-corrected chi connectivity index (χ3v) is 7.81. The second-order valence-electron chi connectivity index (χ2n) is 9.60. The molecule has 0 aromatic carbocycles. The average Bonchev–Trinajstić information content (AvgIpc) is 3.15. The van der Waals surface area contributed by atoms with Crippen molar-refractivity contribution in [3.05, 3.63) is 35.5 Å². The number of carbonyl (C=O) groups excluding carboxylic acids is 3. The Morgan fingerprint density at radius 1 is 1.16 bits per heavy atom. The van der Waals surface area contributed by atoms with Crippen LogP contribution in [-0.4, -0.2) is 47.4 Å². The molecule has 0 aromatic heterocycles. The van der Waals surface area contributed by atoms with Gasteiger partial charge in [-0.2, -0.15) is 0 Å². The van der Waals surface area contributed by atoms with Crippen molar-refractivity contribution in [1.82, 2.24) is 0 Å². The van der Waals surface area contributed by atoms with E-state index in [9.17, 15) is 19.5 Å². The zero-order chi connectivity index (χ0) is 24.0. The fraction of sp³-hybridized carbons (Fsp3) is 0.640. The molecule has 1 heterocycles. The number of ether oxygens (including phenoxy) is 3. The Labute approximate surface area is 189 Å². The van der Waals surface area contributed by atoms with Crippen LogP contribution < -0.4 is 0 Å². The first kappa shape index (κ1) is 24.2. The molecule has 0 amide bonds. The highest BCUT2D eigenvalue weighted by Gasteiger charge is 2.64. The summed E-state index contributed by atoms with van der Waals surface area (Å²) in [7, 11) is 0. The van der Waals surface area contributed by atoms with E-state index in [2.05, 4.69) is 6.58 Å². The van der Waals surface area contributed by atoms with Crippen molar-refractivity contribution in [2.75, 3.05) is 0 Å². The summed E-state index contributed by atoms with van der Waals surface area (Å²) >= 11 is 0. The van der Waals surface area contributed by atoms with E-state index in [1.165, 1.54) is 0 Å². The summed E-state index contributed by atoms with van der Waals surface area (Å²) in [5.41, 5.74) is 0.634. The molecule has 0 aromatic rings. The Morgan fingerprint density at radius 2 is 1.72 bits per heavy atom. The molecule has 0 spiro atoms. The molecule has 0 unspecified atom stereocenters. The predicted molar refractivity (Wildman–Crippen MR) is 117 cm³/mol. The molecule has 1 saturated heterocycles. The lowest BCUT2D eigenvalue weighted by atomic mass is 9.68. The summed E-state index contributed by atoms with van der Waals surface area (Å²) in [4.78, 5) is 37.5. The van der Waals surface area contributed by atoms with Crippen LogP contribution in [-0.2, 0) is 28.6 Å². The smallest absolute Gasteiger partial charge is 0.334 e. The molecule has 3 rings (SSSR count). The fourth-order valence-corrected chi connectivity index (χ4v) is 5.63. The van der Waals surface area contributed by atoms with Gasteiger partial charge in [-0.25, -0.2) is 14.4 Å². The number of allylic oxidation sites excluding steroid dienone is 2. The highest BCUT2D eigenvalue weighted by atomic mass is 16.6. The van der Waals surface area contributed by atoms with E-state index in [0.717, 1.165) is 0 Å². The lowest BCUT2D eigenvalue weighted by molar-refractivity contribution is -0.153. The van der Waals surface area contributed by atoms with Gasteiger partial charge in [-0.1, -0.05) is 32.6 Å². The highest BCUT2D eigenvalue weighted by molar-refractivity contribution is 5.91. The van der Waals surface area contributed by atoms with E-state index in [0.29, 0.717) is 29.6 Å². The number of rotatable bonds is 4. The van der Waals surface area contributed by atoms with Crippen LogP contribution in [0.5, 0.6) is 0 Å². The van der Waals surface area contributed by atoms with Gasteiger partial charge in [0.05, 0.1) is 6.10 Å². The number of hydrogen-bond donors (Lipinski definition) is 1. The van der Waals surface area contributed by atoms with E-state index in [1.807, 2.05) is 13.8 Å². The van der Waals surface area contributed by atoms with E-state index >= 15 is 0 Å². The summed E-state index contributed by atoms with van der Waals surface area (Å²) in [6, 6.07) is 0. The fourth-order valence-electron chi connectivity index (χ4n) is 5.63. The maximum atomic E-state index is 12.7. The summed E-state index contributed by atoms with van der Waals surface area (Å²) in [6.45, 7) is 14.7. The minimum atomic E-state index is -0.953. The van der Waals surface area contributed by atoms with Crippen molar-refractivity contribution in [2.45, 2.75) is 78.8 Å². The topological polar surface area (TPSA) is 99.1 Å². The lowest BCUT2D eigenvalue weighted by Gasteiger charge is -2.39. The van der Waals surface area contributed by atoms with Crippen molar-refractivity contribution in [2.24, 2.45) is 23.2 Å². The molecular weight excluding hydrogens is 412 g/mol. The molecule has 7 nitrogen and oxygen atoms in total. The van der Waals surface area contributed by atoms with Gasteiger partial charge in [0.1, 0.15) is 18.3 Å². The number of hydrogen-bond acceptors (Lipinski definition) is 7. The quantitative estimate of drug-likeness (QED) is 0.402. The maximum absolute atomic E-state index is 12.7. The molecule has 3 fully saturated rings. The van der Waals surface area contributed by atoms with Crippen molar-refractivity contribution in [3.63, 3.8) is 0 Å². The number of aliphatic hydroxyl groups excluding tert-OH is 1. The van der Waals surface area contributed by atoms with Gasteiger partial charge < -0.3 is 19.3 Å². The van der Waals surface area contributed by atoms with Crippen molar-refractivity contribution >= 4 is 17.9 Å². The summed E-state index contributed by atoms with van der Waals surface area (Å²) in [6.07, 6.45) is 1.34. The number of carbonyl (C=O) groups is 3. The van der Waals surface area contributed by atoms with Crippen LogP contribution in [0, 0.1) is 23.2 Å². The number of aliphatic hydroxyl groups is 1. The molecule has 8 atom stereocenters. The van der Waals surface area contributed by atoms with E-state index < -0.39 is 53.7 Å². The Hall–Kier alpha value is -2.41. The SMILES string of the molecule is C=C1C(=O)O[C@H]2[C@H](O)[C@@H](C)[C@@H]3[C@@H](OC(=O)/C(C)=C\C)C[C@@H](OC(=O)/C(C)=C\C)[C@@]3(C)C[C@H]12. The minimum absolute atomic E-state index is 0.299. The largest absolute Gasteiger partial charge is 0.459 e. The van der Waals surface area contributed by atoms with Gasteiger partial charge in [-0.05, 0) is 40.0 Å². The molecule has 3 aliphatic rings. The van der Waals surface area contributed by atoms with E-state index in [4.69, 9.17) is 14.2 Å². The van der Waals surface area contributed by atoms with Crippen LogP contribution in [0.15, 0.2) is 35.5 Å². The monoisotopic (exact) mass is 446 g/mol. The molecule has 32 heavy (non-hydrogen) atoms. The zero-order valence-corrected chi connectivity index (χ0v) is 19.7. The first-order valence-corrected chi connectivity index (χ1v) is 11.2. The molecule has 1 N–H and O–H groups in total. The lowest BCUT2D eigenvalue weighted by Crippen LogP contribution is -2.43. The molecular formula is C25H34O7. The van der Waals surface area contributed by atoms with Crippen LogP contribution in [0.2, 0.25) is 0 Å². The molecule has 2 saturated carbocycles. The van der Waals surface area contributed by atoms with Crippen molar-refractivity contribution in [1.29, 1.82) is 0 Å². The second-order valence-corrected chi connectivity index (χ2v) is 9.60. The normalized spacial score (nSPS) is 39.7. The Balaban J connectivity index is 2.03. The minimum Gasteiger partial charge on any atom is -0.459 e. The van der Waals surface area contributed by atoms with Gasteiger partial charge in [0, 0.05) is 40.4 Å². The maximum Gasteiger partial charge on any atom is 0.334 e. The molecule has 176 valence electrons. The summed E-state index contributed by atoms with van der Waals surface area (Å²) in [5, 5.41) is 11.1. The standard InChI is InChI=1S/C25H34O7/c1-8-12(3)22(27)30-17-10-18(31-23(28)13(4)9-2)25(7)11-16-14(5)24(29)32-21(16)20(26)15(6)19(17)25/h8-9,15-21,26H,5,10-11H2,1-4,6-7H3/b12-8-,13-9-/t15-,16+,17-,18+,19+,20+,21+,25+/m0/s1. The van der Waals surface area contributed by atoms with Gasteiger partial charge in [0.25, 0.3) is 0 Å². The van der Waals surface area contributed by atoms with Gasteiger partial charge in [0.15, 0.2) is 0 Å². The zero-order valence-electron chi connectivity index (χ0n) is 19.7. The molecule has 2 aliphatic carbocycles. The predicted octanol–water partition coefficient (Wildman–Crippen LogP) is 3.27. The first-order chi connectivity index (χ1) is 15.0. The van der Waals surface area contributed by atoms with Gasteiger partial charge in [-0.15, -0.1) is 0 Å². The van der Waals surface area contributed by atoms with E-state index in [1.54, 1.807) is 39.8 Å². The van der Waals surface area contributed by atoms with Crippen molar-refractivity contribution in [3.8, 4) is 0 Å². The third kappa shape index (κ3) is 3.91. The van der Waals surface area contributed by atoms with Crippen LogP contribution in [0.1, 0.15) is 54.4 Å². The molecule has 1 aliphatic heterocycles. The van der Waals surface area contributed by atoms with Crippen LogP contribution in [0.3, 0.4) is 0 Å². The Bertz CT molecular complexity index is 885. The van der Waals surface area contributed by atoms with Gasteiger partial charge in [0.2, 0.25) is 0 Å². The number of esters is 3. The van der Waals surface area contributed by atoms with Gasteiger partial charge in [-0.3, -0.25) is 0 Å². The van der Waals surface area contributed by atoms with Crippen LogP contribution >= 0.6 is 0 Å². The van der Waals surface area contributed by atoms with Crippen LogP contribution in [0.25, 0.3) is 0 Å². The Morgan fingerprint density at radius 3 is 2.28 bits per heavy atom. The summed E-state index contributed by atoms with van der Waals surface area (Å²) in [5.74, 6) is -2.43. The summed E-state index contributed by atoms with van der Waals surface area (Å²) < 4.78 is 17.3. The van der Waals surface area contributed by atoms with Crippen LogP contribution in [0.4, 0.5) is 0 Å². The molecule has 7 heteroatoms. The Kier molecular flexibility index (Phi) is 6.70. The van der Waals surface area contributed by atoms with Crippen molar-refractivity contribution < 1.29 is 33.7 Å². The highest BCUT2D eigenvalue weighted by Crippen LogP contribution is 2.58. The first-order valence-electron chi connectivity index (χ1n) is 11.2. The van der Waals surface area contributed by atoms with Gasteiger partial charge >= 0.3 is 17.9 Å². The second kappa shape index (κ2) is 8.85. The average molecular weight is 447 g/mol. The third-order valence-electron chi connectivity index (χ3n) is 7.81.